The first kappa shape index (κ1) is 13.1. The number of carbonyl (C=O) groups excluding carboxylic acids is 1. The molecule has 1 aliphatic rings. The van der Waals surface area contributed by atoms with E-state index in [4.69, 9.17) is 4.74 Å². The number of nitrogens with one attached hydrogen (secondary N) is 1. The quantitative estimate of drug-likeness (QED) is 0.908. The number of benzene rings is 1. The number of rotatable bonds is 3. The van der Waals surface area contributed by atoms with Crippen molar-refractivity contribution in [3.8, 4) is 5.75 Å². The van der Waals surface area contributed by atoms with Crippen molar-refractivity contribution in [3.63, 3.8) is 0 Å². The zero-order valence-corrected chi connectivity index (χ0v) is 11.7. The average molecular weight is 290 g/mol. The molecule has 3 rings (SSSR count). The molecule has 0 bridgehead atoms. The van der Waals surface area contributed by atoms with E-state index in [2.05, 4.69) is 10.3 Å². The summed E-state index contributed by atoms with van der Waals surface area (Å²) >= 11 is 1.29. The summed E-state index contributed by atoms with van der Waals surface area (Å²) in [7, 11) is 0. The lowest BCUT2D eigenvalue weighted by Crippen LogP contribution is -2.31. The lowest BCUT2D eigenvalue weighted by molar-refractivity contribution is -0.122. The van der Waals surface area contributed by atoms with Gasteiger partial charge in [0.1, 0.15) is 5.75 Å². The van der Waals surface area contributed by atoms with Gasteiger partial charge in [-0.2, -0.15) is 0 Å². The SMILES string of the molecule is CC(O)c1csc(NC(=O)C2Cc3ccccc3O2)n1. The molecule has 6 heteroatoms. The Morgan fingerprint density at radius 1 is 1.55 bits per heavy atom. The fourth-order valence-corrected chi connectivity index (χ4v) is 2.85. The number of anilines is 1. The number of para-hydroxylation sites is 1. The van der Waals surface area contributed by atoms with Crippen LogP contribution in [0.4, 0.5) is 5.13 Å². The largest absolute Gasteiger partial charge is 0.480 e. The number of amides is 1. The molecule has 1 amide bonds. The molecule has 0 spiro atoms. The molecule has 2 heterocycles. The van der Waals surface area contributed by atoms with Gasteiger partial charge in [-0.1, -0.05) is 18.2 Å². The summed E-state index contributed by atoms with van der Waals surface area (Å²) in [5.41, 5.74) is 1.59. The molecule has 2 atom stereocenters. The van der Waals surface area contributed by atoms with E-state index < -0.39 is 12.2 Å². The number of carbonyl (C=O) groups is 1. The van der Waals surface area contributed by atoms with Gasteiger partial charge < -0.3 is 9.84 Å². The summed E-state index contributed by atoms with van der Waals surface area (Å²) in [6.07, 6.45) is -0.591. The van der Waals surface area contributed by atoms with Gasteiger partial charge in [-0.15, -0.1) is 11.3 Å². The maximum atomic E-state index is 12.1. The highest BCUT2D eigenvalue weighted by molar-refractivity contribution is 7.13. The fraction of sp³-hybridized carbons (Fsp3) is 0.286. The first-order chi connectivity index (χ1) is 9.63. The van der Waals surface area contributed by atoms with Crippen LogP contribution in [0.2, 0.25) is 0 Å². The number of nitrogens with zero attached hydrogens (tertiary/aromatic N) is 1. The Bertz CT molecular complexity index is 614. The van der Waals surface area contributed by atoms with E-state index >= 15 is 0 Å². The van der Waals surface area contributed by atoms with Gasteiger partial charge >= 0.3 is 0 Å². The second kappa shape index (κ2) is 5.22. The lowest BCUT2D eigenvalue weighted by atomic mass is 10.1. The van der Waals surface area contributed by atoms with Crippen LogP contribution in [0.1, 0.15) is 24.3 Å². The van der Waals surface area contributed by atoms with E-state index in [1.54, 1.807) is 12.3 Å². The lowest BCUT2D eigenvalue weighted by Gasteiger charge is -2.09. The van der Waals surface area contributed by atoms with E-state index in [0.29, 0.717) is 17.2 Å². The third kappa shape index (κ3) is 2.52. The van der Waals surface area contributed by atoms with Crippen molar-refractivity contribution in [2.75, 3.05) is 5.32 Å². The second-order valence-corrected chi connectivity index (χ2v) is 5.52. The number of aliphatic hydroxyl groups excluding tert-OH is 1. The van der Waals surface area contributed by atoms with Crippen LogP contribution in [0, 0.1) is 0 Å². The van der Waals surface area contributed by atoms with Crippen molar-refractivity contribution < 1.29 is 14.6 Å². The first-order valence-electron chi connectivity index (χ1n) is 6.32. The maximum Gasteiger partial charge on any atom is 0.267 e. The summed E-state index contributed by atoms with van der Waals surface area (Å²) in [6.45, 7) is 1.64. The molecule has 1 aromatic heterocycles. The molecule has 20 heavy (non-hydrogen) atoms. The summed E-state index contributed by atoms with van der Waals surface area (Å²) in [5.74, 6) is 0.546. The van der Waals surface area contributed by atoms with Crippen molar-refractivity contribution in [2.45, 2.75) is 25.6 Å². The predicted molar refractivity (Wildman–Crippen MR) is 75.9 cm³/mol. The molecule has 2 unspecified atom stereocenters. The average Bonchev–Trinajstić information content (AvgIpc) is 3.04. The number of ether oxygens (including phenoxy) is 1. The molecule has 0 radical (unpaired) electrons. The number of hydrogen-bond donors (Lipinski definition) is 2. The van der Waals surface area contributed by atoms with Gasteiger partial charge in [0, 0.05) is 11.8 Å². The molecule has 2 N–H and O–H groups in total. The van der Waals surface area contributed by atoms with Crippen LogP contribution in [0.25, 0.3) is 0 Å². The number of aliphatic hydroxyl groups is 1. The normalized spacial score (nSPS) is 18.2. The van der Waals surface area contributed by atoms with Crippen molar-refractivity contribution in [1.29, 1.82) is 0 Å². The highest BCUT2D eigenvalue weighted by atomic mass is 32.1. The van der Waals surface area contributed by atoms with Crippen LogP contribution in [-0.4, -0.2) is 22.1 Å². The minimum Gasteiger partial charge on any atom is -0.480 e. The highest BCUT2D eigenvalue weighted by Gasteiger charge is 2.29. The van der Waals surface area contributed by atoms with Gasteiger partial charge in [-0.05, 0) is 18.6 Å². The van der Waals surface area contributed by atoms with Crippen LogP contribution >= 0.6 is 11.3 Å². The number of thiazole rings is 1. The predicted octanol–water partition coefficient (Wildman–Crippen LogP) is 2.14. The zero-order valence-electron chi connectivity index (χ0n) is 10.9. The number of fused-ring (bicyclic) bond motifs is 1. The molecule has 2 aromatic rings. The summed E-state index contributed by atoms with van der Waals surface area (Å²) in [6, 6.07) is 7.63. The van der Waals surface area contributed by atoms with Crippen LogP contribution in [0.5, 0.6) is 5.75 Å². The second-order valence-electron chi connectivity index (χ2n) is 4.66. The smallest absolute Gasteiger partial charge is 0.267 e. The Kier molecular flexibility index (Phi) is 3.42. The van der Waals surface area contributed by atoms with Crippen molar-refractivity contribution in [2.24, 2.45) is 0 Å². The van der Waals surface area contributed by atoms with Crippen LogP contribution in [-0.2, 0) is 11.2 Å². The third-order valence-corrected chi connectivity index (χ3v) is 3.90. The molecule has 1 aliphatic heterocycles. The summed E-state index contributed by atoms with van der Waals surface area (Å²) < 4.78 is 5.61. The van der Waals surface area contributed by atoms with Crippen molar-refractivity contribution in [3.05, 3.63) is 40.9 Å². The van der Waals surface area contributed by atoms with Crippen LogP contribution < -0.4 is 10.1 Å². The van der Waals surface area contributed by atoms with E-state index in [1.807, 2.05) is 24.3 Å². The fourth-order valence-electron chi connectivity index (χ4n) is 2.05. The van der Waals surface area contributed by atoms with E-state index in [9.17, 15) is 9.90 Å². The third-order valence-electron chi connectivity index (χ3n) is 3.12. The van der Waals surface area contributed by atoms with Crippen LogP contribution in [0.3, 0.4) is 0 Å². The van der Waals surface area contributed by atoms with Crippen molar-refractivity contribution in [1.82, 2.24) is 4.98 Å². The number of aromatic nitrogens is 1. The molecular formula is C14H14N2O3S. The molecule has 0 saturated carbocycles. The van der Waals surface area contributed by atoms with Gasteiger partial charge in [0.2, 0.25) is 0 Å². The van der Waals surface area contributed by atoms with Gasteiger partial charge in [0.25, 0.3) is 5.91 Å². The molecule has 104 valence electrons. The summed E-state index contributed by atoms with van der Waals surface area (Å²) in [4.78, 5) is 16.3. The van der Waals surface area contributed by atoms with Gasteiger partial charge in [0.15, 0.2) is 11.2 Å². The highest BCUT2D eigenvalue weighted by Crippen LogP contribution is 2.29. The molecule has 0 fully saturated rings. The topological polar surface area (TPSA) is 71.5 Å². The zero-order chi connectivity index (χ0) is 14.1. The summed E-state index contributed by atoms with van der Waals surface area (Å²) in [5, 5.41) is 14.3. The minimum absolute atomic E-state index is 0.215. The van der Waals surface area contributed by atoms with E-state index in [0.717, 1.165) is 11.3 Å². The van der Waals surface area contributed by atoms with Gasteiger partial charge in [-0.25, -0.2) is 4.98 Å². The number of hydrogen-bond acceptors (Lipinski definition) is 5. The van der Waals surface area contributed by atoms with Gasteiger partial charge in [0.05, 0.1) is 11.8 Å². The van der Waals surface area contributed by atoms with E-state index in [-0.39, 0.29) is 5.91 Å². The Labute approximate surface area is 120 Å². The monoisotopic (exact) mass is 290 g/mol. The Hall–Kier alpha value is -1.92. The molecule has 0 aliphatic carbocycles. The van der Waals surface area contributed by atoms with Crippen LogP contribution in [0.15, 0.2) is 29.6 Å². The standard InChI is InChI=1S/C14H14N2O3S/c1-8(17)10-7-20-14(15-10)16-13(18)12-6-9-4-2-3-5-11(9)19-12/h2-5,7-8,12,17H,6H2,1H3,(H,15,16,18). The van der Waals surface area contributed by atoms with Gasteiger partial charge in [-0.3, -0.25) is 10.1 Å². The molecule has 1 aromatic carbocycles. The first-order valence-corrected chi connectivity index (χ1v) is 7.20. The Morgan fingerprint density at radius 3 is 3.05 bits per heavy atom. The molecular weight excluding hydrogens is 276 g/mol. The Balaban J connectivity index is 1.66. The molecule has 0 saturated heterocycles. The van der Waals surface area contributed by atoms with Crippen molar-refractivity contribution >= 4 is 22.4 Å². The molecule has 5 nitrogen and oxygen atoms in total. The minimum atomic E-state index is -0.635. The Morgan fingerprint density at radius 2 is 2.35 bits per heavy atom. The van der Waals surface area contributed by atoms with E-state index in [1.165, 1.54) is 11.3 Å². The maximum absolute atomic E-state index is 12.1.